The van der Waals surface area contributed by atoms with E-state index in [1.54, 1.807) is 30.1 Å². The van der Waals surface area contributed by atoms with E-state index in [0.29, 0.717) is 30.0 Å². The second-order valence-corrected chi connectivity index (χ2v) is 7.49. The second kappa shape index (κ2) is 7.35. The number of imide groups is 1. The largest absolute Gasteiger partial charge is 0.496 e. The van der Waals surface area contributed by atoms with Gasteiger partial charge >= 0.3 is 0 Å². The Balaban J connectivity index is 1.42. The lowest BCUT2D eigenvalue weighted by Gasteiger charge is -2.29. The number of nitrogens with zero attached hydrogens (tertiary/aromatic N) is 4. The Hall–Kier alpha value is -4.01. The number of hydrogen-bond donors (Lipinski definition) is 1. The van der Waals surface area contributed by atoms with Crippen LogP contribution in [0.15, 0.2) is 48.7 Å². The summed E-state index contributed by atoms with van der Waals surface area (Å²) in [5, 5.41) is 10.8. The summed E-state index contributed by atoms with van der Waals surface area (Å²) in [4.78, 5) is 38.0. The number of methoxy groups -OCH3 is 1. The number of ether oxygens (including phenoxy) is 1. The van der Waals surface area contributed by atoms with Crippen LogP contribution in [0.2, 0.25) is 0 Å². The van der Waals surface area contributed by atoms with Crippen molar-refractivity contribution in [2.75, 3.05) is 7.11 Å². The van der Waals surface area contributed by atoms with Crippen molar-refractivity contribution in [3.8, 4) is 22.7 Å². The predicted octanol–water partition coefficient (Wildman–Crippen LogP) is 1.70. The van der Waals surface area contributed by atoms with Crippen molar-refractivity contribution in [3.05, 3.63) is 59.8 Å². The summed E-state index contributed by atoms with van der Waals surface area (Å²) >= 11 is 0. The highest BCUT2D eigenvalue weighted by Crippen LogP contribution is 2.31. The molecule has 3 heterocycles. The number of carbonyl (C=O) groups is 3. The fraction of sp³-hybridized carbons (Fsp3) is 0.227. The molecule has 1 aromatic heterocycles. The molecular formula is C22H19N5O4. The first kappa shape index (κ1) is 19.0. The first-order chi connectivity index (χ1) is 15.0. The van der Waals surface area contributed by atoms with Crippen LogP contribution in [0.4, 0.5) is 0 Å². The first-order valence-electron chi connectivity index (χ1n) is 9.89. The van der Waals surface area contributed by atoms with E-state index in [0.717, 1.165) is 16.8 Å². The highest BCUT2D eigenvalue weighted by atomic mass is 16.5. The Labute approximate surface area is 177 Å². The Morgan fingerprint density at radius 2 is 1.94 bits per heavy atom. The molecule has 5 rings (SSSR count). The summed E-state index contributed by atoms with van der Waals surface area (Å²) in [6.45, 7) is 0.308. The van der Waals surface area contributed by atoms with Crippen molar-refractivity contribution < 1.29 is 19.1 Å². The zero-order chi connectivity index (χ0) is 21.5. The summed E-state index contributed by atoms with van der Waals surface area (Å²) in [5.41, 5.74) is 3.61. The fourth-order valence-electron chi connectivity index (χ4n) is 4.07. The van der Waals surface area contributed by atoms with Gasteiger partial charge in [-0.25, -0.2) is 4.68 Å². The third-order valence-electron chi connectivity index (χ3n) is 5.65. The van der Waals surface area contributed by atoms with Gasteiger partial charge in [0.2, 0.25) is 11.8 Å². The monoisotopic (exact) mass is 417 g/mol. The van der Waals surface area contributed by atoms with E-state index in [2.05, 4.69) is 15.6 Å². The molecule has 9 heteroatoms. The van der Waals surface area contributed by atoms with E-state index in [4.69, 9.17) is 4.74 Å². The number of aromatic nitrogens is 3. The molecule has 2 aliphatic heterocycles. The maximum atomic E-state index is 12.8. The molecule has 0 bridgehead atoms. The SMILES string of the molecule is COc1ccccc1-c1cn(-c2ccc3c(c2)CN(C2CCC(=O)NC2=O)C3=O)nn1. The lowest BCUT2D eigenvalue weighted by atomic mass is 10.0. The molecule has 0 aliphatic carbocycles. The van der Waals surface area contributed by atoms with Gasteiger partial charge in [-0.05, 0) is 42.3 Å². The minimum absolute atomic E-state index is 0.204. The molecule has 156 valence electrons. The van der Waals surface area contributed by atoms with Gasteiger partial charge in [0.1, 0.15) is 17.5 Å². The number of rotatable bonds is 4. The van der Waals surface area contributed by atoms with Crippen LogP contribution in [0, 0.1) is 0 Å². The minimum atomic E-state index is -0.635. The van der Waals surface area contributed by atoms with Gasteiger partial charge in [-0.3, -0.25) is 19.7 Å². The third-order valence-corrected chi connectivity index (χ3v) is 5.65. The molecule has 3 amide bonds. The minimum Gasteiger partial charge on any atom is -0.496 e. The van der Waals surface area contributed by atoms with Crippen LogP contribution in [0.5, 0.6) is 5.75 Å². The molecule has 0 saturated carbocycles. The Morgan fingerprint density at radius 1 is 1.10 bits per heavy atom. The molecule has 2 aliphatic rings. The number of para-hydroxylation sites is 1. The smallest absolute Gasteiger partial charge is 0.255 e. The molecule has 1 atom stereocenters. The average molecular weight is 417 g/mol. The summed E-state index contributed by atoms with van der Waals surface area (Å²) in [7, 11) is 1.61. The van der Waals surface area contributed by atoms with Crippen LogP contribution in [0.25, 0.3) is 16.9 Å². The lowest BCUT2D eigenvalue weighted by Crippen LogP contribution is -2.52. The molecule has 3 aromatic rings. The molecular weight excluding hydrogens is 398 g/mol. The molecule has 0 radical (unpaired) electrons. The molecule has 2 aromatic carbocycles. The Kier molecular flexibility index (Phi) is 4.50. The highest BCUT2D eigenvalue weighted by molar-refractivity contribution is 6.05. The van der Waals surface area contributed by atoms with E-state index >= 15 is 0 Å². The summed E-state index contributed by atoms with van der Waals surface area (Å²) < 4.78 is 7.04. The van der Waals surface area contributed by atoms with Crippen LogP contribution in [-0.4, -0.2) is 50.8 Å². The van der Waals surface area contributed by atoms with Gasteiger partial charge in [0.15, 0.2) is 0 Å². The van der Waals surface area contributed by atoms with Crippen LogP contribution in [-0.2, 0) is 16.1 Å². The summed E-state index contributed by atoms with van der Waals surface area (Å²) in [6, 6.07) is 12.3. The van der Waals surface area contributed by atoms with Gasteiger partial charge in [-0.2, -0.15) is 0 Å². The maximum absolute atomic E-state index is 12.8. The number of carbonyl (C=O) groups excluding carboxylic acids is 3. The normalized spacial score (nSPS) is 18.2. The van der Waals surface area contributed by atoms with Gasteiger partial charge in [0.05, 0.1) is 19.0 Å². The number of hydrogen-bond acceptors (Lipinski definition) is 6. The van der Waals surface area contributed by atoms with Crippen molar-refractivity contribution in [2.45, 2.75) is 25.4 Å². The van der Waals surface area contributed by atoms with Crippen molar-refractivity contribution >= 4 is 17.7 Å². The third kappa shape index (κ3) is 3.24. The Bertz CT molecular complexity index is 1220. The van der Waals surface area contributed by atoms with Gasteiger partial charge in [0, 0.05) is 24.1 Å². The number of piperidine rings is 1. The van der Waals surface area contributed by atoms with Gasteiger partial charge < -0.3 is 9.64 Å². The zero-order valence-electron chi connectivity index (χ0n) is 16.7. The second-order valence-electron chi connectivity index (χ2n) is 7.49. The Morgan fingerprint density at radius 3 is 2.74 bits per heavy atom. The number of nitrogens with one attached hydrogen (secondary N) is 1. The van der Waals surface area contributed by atoms with E-state index in [1.807, 2.05) is 30.3 Å². The van der Waals surface area contributed by atoms with Crippen molar-refractivity contribution in [1.29, 1.82) is 0 Å². The standard InChI is InChI=1S/C22H19N5O4/c1-31-19-5-3-2-4-16(19)17-12-27(25-24-17)14-6-7-15-13(10-14)11-26(22(15)30)18-8-9-20(28)23-21(18)29/h2-7,10,12,18H,8-9,11H2,1H3,(H,23,28,29). The first-order valence-corrected chi connectivity index (χ1v) is 9.89. The van der Waals surface area contributed by atoms with E-state index in [9.17, 15) is 14.4 Å². The van der Waals surface area contributed by atoms with E-state index in [1.165, 1.54) is 4.90 Å². The van der Waals surface area contributed by atoms with Crippen molar-refractivity contribution in [2.24, 2.45) is 0 Å². The highest BCUT2D eigenvalue weighted by Gasteiger charge is 2.39. The molecule has 1 fully saturated rings. The molecule has 1 unspecified atom stereocenters. The maximum Gasteiger partial charge on any atom is 0.255 e. The predicted molar refractivity (Wildman–Crippen MR) is 109 cm³/mol. The van der Waals surface area contributed by atoms with Crippen molar-refractivity contribution in [3.63, 3.8) is 0 Å². The van der Waals surface area contributed by atoms with Crippen LogP contribution in [0.3, 0.4) is 0 Å². The van der Waals surface area contributed by atoms with E-state index in [-0.39, 0.29) is 18.2 Å². The zero-order valence-corrected chi connectivity index (χ0v) is 16.7. The van der Waals surface area contributed by atoms with E-state index < -0.39 is 11.9 Å². The topological polar surface area (TPSA) is 106 Å². The molecule has 1 N–H and O–H groups in total. The van der Waals surface area contributed by atoms with Gasteiger partial charge in [-0.15, -0.1) is 5.10 Å². The summed E-state index contributed by atoms with van der Waals surface area (Å²) in [5.74, 6) is -0.224. The van der Waals surface area contributed by atoms with Gasteiger partial charge in [-0.1, -0.05) is 17.3 Å². The molecule has 31 heavy (non-hydrogen) atoms. The number of benzene rings is 2. The van der Waals surface area contributed by atoms with Crippen molar-refractivity contribution in [1.82, 2.24) is 25.2 Å². The summed E-state index contributed by atoms with van der Waals surface area (Å²) in [6.07, 6.45) is 2.36. The number of amides is 3. The molecule has 0 spiro atoms. The van der Waals surface area contributed by atoms with Crippen LogP contribution < -0.4 is 10.1 Å². The quantitative estimate of drug-likeness (QED) is 0.648. The molecule has 9 nitrogen and oxygen atoms in total. The van der Waals surface area contributed by atoms with Gasteiger partial charge in [0.25, 0.3) is 5.91 Å². The van der Waals surface area contributed by atoms with Crippen LogP contribution in [0.1, 0.15) is 28.8 Å². The lowest BCUT2D eigenvalue weighted by molar-refractivity contribution is -0.136. The molecule has 1 saturated heterocycles. The average Bonchev–Trinajstić information content (AvgIpc) is 3.39. The van der Waals surface area contributed by atoms with Crippen LogP contribution >= 0.6 is 0 Å². The number of fused-ring (bicyclic) bond motifs is 1. The fourth-order valence-corrected chi connectivity index (χ4v) is 4.07.